The van der Waals surface area contributed by atoms with E-state index < -0.39 is 5.97 Å². The lowest BCUT2D eigenvalue weighted by molar-refractivity contribution is -0.131. The molecule has 0 saturated heterocycles. The van der Waals surface area contributed by atoms with Crippen LogP contribution in [-0.2, 0) is 11.3 Å². The van der Waals surface area contributed by atoms with Crippen LogP contribution in [0.5, 0.6) is 11.5 Å². The summed E-state index contributed by atoms with van der Waals surface area (Å²) < 4.78 is 8.00. The number of benzene rings is 3. The van der Waals surface area contributed by atoms with Crippen LogP contribution < -0.4 is 10.1 Å². The fourth-order valence-corrected chi connectivity index (χ4v) is 4.16. The molecule has 3 N–H and O–H groups in total. The molecule has 0 aliphatic heterocycles. The Bertz CT molecular complexity index is 1630. The first-order chi connectivity index (χ1) is 18.0. The number of aromatic nitrogens is 3. The number of H-pyrrole nitrogens is 1. The highest BCUT2D eigenvalue weighted by Crippen LogP contribution is 2.33. The Morgan fingerprint density at radius 3 is 2.78 bits per heavy atom. The zero-order valence-corrected chi connectivity index (χ0v) is 20.0. The Labute approximate surface area is 212 Å². The van der Waals surface area contributed by atoms with Crippen molar-refractivity contribution < 1.29 is 19.4 Å². The van der Waals surface area contributed by atoms with Gasteiger partial charge < -0.3 is 20.1 Å². The Hall–Kier alpha value is -5.11. The van der Waals surface area contributed by atoms with E-state index >= 15 is 0 Å². The zero-order valence-electron chi connectivity index (χ0n) is 20.0. The lowest BCUT2D eigenvalue weighted by Gasteiger charge is -2.12. The lowest BCUT2D eigenvalue weighted by atomic mass is 10.1. The van der Waals surface area contributed by atoms with E-state index in [0.717, 1.165) is 39.4 Å². The first-order valence-corrected chi connectivity index (χ1v) is 11.6. The maximum Gasteiger partial charge on any atom is 0.328 e. The number of hydrogen-bond donors (Lipinski definition) is 3. The molecule has 0 spiro atoms. The van der Waals surface area contributed by atoms with Gasteiger partial charge in [-0.3, -0.25) is 9.48 Å². The molecule has 5 aromatic rings. The molecule has 0 aliphatic carbocycles. The maximum absolute atomic E-state index is 12.6. The van der Waals surface area contributed by atoms with Crippen molar-refractivity contribution in [3.63, 3.8) is 0 Å². The molecule has 0 unspecified atom stereocenters. The lowest BCUT2D eigenvalue weighted by Crippen LogP contribution is -2.18. The average Bonchev–Trinajstić information content (AvgIpc) is 3.57. The van der Waals surface area contributed by atoms with Gasteiger partial charge >= 0.3 is 5.97 Å². The van der Waals surface area contributed by atoms with Gasteiger partial charge in [0.15, 0.2) is 0 Å². The molecule has 2 aromatic heterocycles. The van der Waals surface area contributed by atoms with Gasteiger partial charge in [0.25, 0.3) is 5.91 Å². The summed E-state index contributed by atoms with van der Waals surface area (Å²) >= 11 is 0. The van der Waals surface area contributed by atoms with Crippen molar-refractivity contribution in [3.05, 3.63) is 108 Å². The topological polar surface area (TPSA) is 109 Å². The molecule has 8 heteroatoms. The SMILES string of the molecule is CNC(=O)c1c(Oc2cccc(-c3ccn(Cc4cccc(/C=C/C(=O)O)c4)n3)c2)ccc2[nH]ccc12. The van der Waals surface area contributed by atoms with Crippen LogP contribution in [0.3, 0.4) is 0 Å². The fraction of sp³-hybridized carbons (Fsp3) is 0.0690. The minimum Gasteiger partial charge on any atom is -0.478 e. The van der Waals surface area contributed by atoms with E-state index in [9.17, 15) is 9.59 Å². The summed E-state index contributed by atoms with van der Waals surface area (Å²) in [6, 6.07) is 22.7. The number of amides is 1. The monoisotopic (exact) mass is 492 g/mol. The normalized spacial score (nSPS) is 11.2. The van der Waals surface area contributed by atoms with Gasteiger partial charge in [-0.25, -0.2) is 4.79 Å². The Morgan fingerprint density at radius 1 is 1.08 bits per heavy atom. The number of rotatable bonds is 8. The molecule has 2 heterocycles. The summed E-state index contributed by atoms with van der Waals surface area (Å²) in [6.07, 6.45) is 6.37. The van der Waals surface area contributed by atoms with Gasteiger partial charge in [-0.1, -0.05) is 30.3 Å². The number of hydrogen-bond acceptors (Lipinski definition) is 4. The Balaban J connectivity index is 1.37. The number of nitrogens with zero attached hydrogens (tertiary/aromatic N) is 2. The number of aromatic amines is 1. The second-order valence-electron chi connectivity index (χ2n) is 8.40. The second-order valence-corrected chi connectivity index (χ2v) is 8.40. The number of carbonyl (C=O) groups is 2. The van der Waals surface area contributed by atoms with Crippen LogP contribution in [0, 0.1) is 0 Å². The second kappa shape index (κ2) is 10.2. The van der Waals surface area contributed by atoms with Crippen LogP contribution in [-0.4, -0.2) is 38.8 Å². The predicted octanol–water partition coefficient (Wildman–Crippen LogP) is 5.33. The third-order valence-corrected chi connectivity index (χ3v) is 5.86. The van der Waals surface area contributed by atoms with Crippen molar-refractivity contribution in [2.75, 3.05) is 7.05 Å². The molecule has 0 atom stereocenters. The van der Waals surface area contributed by atoms with Crippen LogP contribution in [0.1, 0.15) is 21.5 Å². The summed E-state index contributed by atoms with van der Waals surface area (Å²) in [4.78, 5) is 26.5. The minimum absolute atomic E-state index is 0.224. The van der Waals surface area contributed by atoms with Crippen LogP contribution in [0.15, 0.2) is 91.3 Å². The number of carboxylic acid groups (broad SMARTS) is 1. The van der Waals surface area contributed by atoms with Crippen LogP contribution >= 0.6 is 0 Å². The molecule has 184 valence electrons. The number of ether oxygens (including phenoxy) is 1. The Kier molecular flexibility index (Phi) is 6.54. The molecule has 5 rings (SSSR count). The first kappa shape index (κ1) is 23.6. The maximum atomic E-state index is 12.6. The third kappa shape index (κ3) is 5.28. The van der Waals surface area contributed by atoms with Gasteiger partial charge in [-0.05, 0) is 59.7 Å². The van der Waals surface area contributed by atoms with E-state index in [1.54, 1.807) is 25.4 Å². The van der Waals surface area contributed by atoms with E-state index in [-0.39, 0.29) is 5.91 Å². The highest BCUT2D eigenvalue weighted by Gasteiger charge is 2.17. The van der Waals surface area contributed by atoms with Gasteiger partial charge in [0, 0.05) is 42.0 Å². The molecule has 0 aliphatic rings. The summed E-state index contributed by atoms with van der Waals surface area (Å²) in [7, 11) is 1.59. The standard InChI is InChI=1S/C29H24N4O4/c1-30-29(36)28-23-12-14-31-25(23)9-10-26(28)37-22-7-3-6-21(17-22)24-13-15-33(32-24)18-20-5-2-4-19(16-20)8-11-27(34)35/h2-17,31H,18H2,1H3,(H,30,36)(H,34,35)/b11-8+. The van der Waals surface area contributed by atoms with Gasteiger partial charge in [0.1, 0.15) is 11.5 Å². The number of carboxylic acids is 1. The van der Waals surface area contributed by atoms with Crippen molar-refractivity contribution in [1.29, 1.82) is 0 Å². The van der Waals surface area contributed by atoms with E-state index in [2.05, 4.69) is 10.3 Å². The van der Waals surface area contributed by atoms with Gasteiger partial charge in [-0.2, -0.15) is 5.10 Å². The summed E-state index contributed by atoms with van der Waals surface area (Å²) in [6.45, 7) is 0.539. The first-order valence-electron chi connectivity index (χ1n) is 11.6. The summed E-state index contributed by atoms with van der Waals surface area (Å²) in [5.41, 5.74) is 4.79. The molecule has 8 nitrogen and oxygen atoms in total. The van der Waals surface area contributed by atoms with E-state index in [4.69, 9.17) is 14.9 Å². The van der Waals surface area contributed by atoms with E-state index in [0.29, 0.717) is 23.6 Å². The molecule has 0 saturated carbocycles. The van der Waals surface area contributed by atoms with Crippen molar-refractivity contribution in [3.8, 4) is 22.8 Å². The van der Waals surface area contributed by atoms with Crippen molar-refractivity contribution in [2.45, 2.75) is 6.54 Å². The van der Waals surface area contributed by atoms with Gasteiger partial charge in [-0.15, -0.1) is 0 Å². The highest BCUT2D eigenvalue weighted by atomic mass is 16.5. The summed E-state index contributed by atoms with van der Waals surface area (Å²) in [5.74, 6) is -0.156. The van der Waals surface area contributed by atoms with Gasteiger partial charge in [0.05, 0.1) is 17.8 Å². The van der Waals surface area contributed by atoms with Crippen LogP contribution in [0.25, 0.3) is 28.2 Å². The number of nitrogens with one attached hydrogen (secondary N) is 2. The number of aliphatic carboxylic acids is 1. The molecule has 0 bridgehead atoms. The molecular formula is C29H24N4O4. The highest BCUT2D eigenvalue weighted by molar-refractivity contribution is 6.08. The van der Waals surface area contributed by atoms with Crippen molar-refractivity contribution >= 4 is 28.9 Å². The van der Waals surface area contributed by atoms with Crippen LogP contribution in [0.4, 0.5) is 0 Å². The molecule has 0 radical (unpaired) electrons. The number of carbonyl (C=O) groups excluding carboxylic acids is 1. The molecule has 3 aromatic carbocycles. The minimum atomic E-state index is -0.983. The molecular weight excluding hydrogens is 468 g/mol. The summed E-state index contributed by atoms with van der Waals surface area (Å²) in [5, 5.41) is 17.0. The van der Waals surface area contributed by atoms with Crippen molar-refractivity contribution in [2.24, 2.45) is 0 Å². The fourth-order valence-electron chi connectivity index (χ4n) is 4.16. The predicted molar refractivity (Wildman–Crippen MR) is 142 cm³/mol. The van der Waals surface area contributed by atoms with Crippen molar-refractivity contribution in [1.82, 2.24) is 20.1 Å². The molecule has 0 fully saturated rings. The Morgan fingerprint density at radius 2 is 1.95 bits per heavy atom. The largest absolute Gasteiger partial charge is 0.478 e. The number of fused-ring (bicyclic) bond motifs is 1. The average molecular weight is 493 g/mol. The third-order valence-electron chi connectivity index (χ3n) is 5.86. The molecule has 37 heavy (non-hydrogen) atoms. The quantitative estimate of drug-likeness (QED) is 0.254. The zero-order chi connectivity index (χ0) is 25.8. The van der Waals surface area contributed by atoms with E-state index in [1.165, 1.54) is 0 Å². The van der Waals surface area contributed by atoms with Gasteiger partial charge in [0.2, 0.25) is 0 Å². The van der Waals surface area contributed by atoms with E-state index in [1.807, 2.05) is 77.6 Å². The molecule has 1 amide bonds. The van der Waals surface area contributed by atoms with Crippen LogP contribution in [0.2, 0.25) is 0 Å². The smallest absolute Gasteiger partial charge is 0.328 e.